The van der Waals surface area contributed by atoms with Crippen LogP contribution in [0.15, 0.2) is 5.38 Å². The molecule has 0 amide bonds. The molecule has 1 aliphatic carbocycles. The lowest BCUT2D eigenvalue weighted by molar-refractivity contribution is -0.114. The third kappa shape index (κ3) is 3.16. The average Bonchev–Trinajstić information content (AvgIpc) is 2.81. The van der Waals surface area contributed by atoms with Gasteiger partial charge in [-0.3, -0.25) is 0 Å². The topological polar surface area (TPSA) is 60.2 Å². The highest BCUT2D eigenvalue weighted by Gasteiger charge is 2.48. The van der Waals surface area contributed by atoms with Crippen LogP contribution in [-0.2, 0) is 11.3 Å². The van der Waals surface area contributed by atoms with Gasteiger partial charge in [0.25, 0.3) is 0 Å². The molecule has 5 heteroatoms. The second-order valence-corrected chi connectivity index (χ2v) is 6.79. The highest BCUT2D eigenvalue weighted by atomic mass is 32.1. The summed E-state index contributed by atoms with van der Waals surface area (Å²) >= 11 is 1.64. The van der Waals surface area contributed by atoms with Gasteiger partial charge in [0.05, 0.1) is 17.8 Å². The minimum Gasteiger partial charge on any atom is -0.378 e. The van der Waals surface area contributed by atoms with E-state index >= 15 is 0 Å². The van der Waals surface area contributed by atoms with Crippen LogP contribution >= 0.6 is 11.3 Å². The number of thiazole rings is 1. The largest absolute Gasteiger partial charge is 0.378 e. The van der Waals surface area contributed by atoms with Crippen molar-refractivity contribution in [2.45, 2.75) is 58.8 Å². The lowest BCUT2D eigenvalue weighted by atomic mass is 9.64. The maximum atomic E-state index is 5.83. The SMILES string of the molecule is CCOC1CC(NCc2csc(C(C)N)n2)C1(C)C. The molecular formula is C14H25N3OS. The fourth-order valence-electron chi connectivity index (χ4n) is 2.56. The van der Waals surface area contributed by atoms with Gasteiger partial charge in [-0.1, -0.05) is 13.8 Å². The Morgan fingerprint density at radius 2 is 2.37 bits per heavy atom. The Morgan fingerprint density at radius 1 is 1.63 bits per heavy atom. The summed E-state index contributed by atoms with van der Waals surface area (Å²) in [6.45, 7) is 10.2. The Bertz CT molecular complexity index is 417. The highest BCUT2D eigenvalue weighted by Crippen LogP contribution is 2.42. The van der Waals surface area contributed by atoms with Crippen LogP contribution in [-0.4, -0.2) is 23.7 Å². The molecule has 0 radical (unpaired) electrons. The number of aromatic nitrogens is 1. The number of hydrogen-bond donors (Lipinski definition) is 2. The van der Waals surface area contributed by atoms with Crippen molar-refractivity contribution >= 4 is 11.3 Å². The highest BCUT2D eigenvalue weighted by molar-refractivity contribution is 7.09. The van der Waals surface area contributed by atoms with E-state index in [2.05, 4.69) is 36.5 Å². The maximum Gasteiger partial charge on any atom is 0.109 e. The van der Waals surface area contributed by atoms with Gasteiger partial charge in [0.15, 0.2) is 0 Å². The molecule has 3 unspecified atom stereocenters. The number of nitrogens with one attached hydrogen (secondary N) is 1. The first-order valence-electron chi connectivity index (χ1n) is 7.00. The predicted molar refractivity (Wildman–Crippen MR) is 79.2 cm³/mol. The van der Waals surface area contributed by atoms with E-state index in [0.29, 0.717) is 12.1 Å². The molecule has 0 aliphatic heterocycles. The van der Waals surface area contributed by atoms with Gasteiger partial charge in [0.2, 0.25) is 0 Å². The molecule has 0 saturated heterocycles. The minimum atomic E-state index is 0.0289. The van der Waals surface area contributed by atoms with Crippen molar-refractivity contribution in [2.24, 2.45) is 11.1 Å². The van der Waals surface area contributed by atoms with E-state index in [4.69, 9.17) is 10.5 Å². The third-order valence-electron chi connectivity index (χ3n) is 4.03. The fraction of sp³-hybridized carbons (Fsp3) is 0.786. The quantitative estimate of drug-likeness (QED) is 0.842. The van der Waals surface area contributed by atoms with Crippen molar-refractivity contribution in [3.8, 4) is 0 Å². The standard InChI is InChI=1S/C14H25N3OS/c1-5-18-12-6-11(14(12,3)4)16-7-10-8-19-13(17-10)9(2)15/h8-9,11-12,16H,5-7,15H2,1-4H3. The zero-order chi connectivity index (χ0) is 14.0. The third-order valence-corrected chi connectivity index (χ3v) is 5.13. The van der Waals surface area contributed by atoms with Crippen molar-refractivity contribution in [3.05, 3.63) is 16.1 Å². The van der Waals surface area contributed by atoms with Gasteiger partial charge < -0.3 is 15.8 Å². The van der Waals surface area contributed by atoms with Gasteiger partial charge in [-0.05, 0) is 20.3 Å². The smallest absolute Gasteiger partial charge is 0.109 e. The van der Waals surface area contributed by atoms with Crippen LogP contribution in [0.4, 0.5) is 0 Å². The molecule has 4 nitrogen and oxygen atoms in total. The molecule has 19 heavy (non-hydrogen) atoms. The number of hydrogen-bond acceptors (Lipinski definition) is 5. The van der Waals surface area contributed by atoms with Crippen molar-refractivity contribution in [3.63, 3.8) is 0 Å². The number of ether oxygens (including phenoxy) is 1. The first-order chi connectivity index (χ1) is 8.95. The molecule has 1 aromatic heterocycles. The summed E-state index contributed by atoms with van der Waals surface area (Å²) in [6, 6.07) is 0.533. The zero-order valence-electron chi connectivity index (χ0n) is 12.3. The molecule has 0 aromatic carbocycles. The summed E-state index contributed by atoms with van der Waals surface area (Å²) in [6.07, 6.45) is 1.47. The van der Waals surface area contributed by atoms with Crippen molar-refractivity contribution in [2.75, 3.05) is 6.61 Å². The summed E-state index contributed by atoms with van der Waals surface area (Å²) in [5.41, 5.74) is 7.12. The first kappa shape index (κ1) is 14.9. The van der Waals surface area contributed by atoms with E-state index in [9.17, 15) is 0 Å². The van der Waals surface area contributed by atoms with Crippen LogP contribution in [0.25, 0.3) is 0 Å². The van der Waals surface area contributed by atoms with Crippen LogP contribution < -0.4 is 11.1 Å². The summed E-state index contributed by atoms with van der Waals surface area (Å²) in [5, 5.41) is 6.70. The Hall–Kier alpha value is -0.490. The second-order valence-electron chi connectivity index (χ2n) is 5.90. The normalized spacial score (nSPS) is 27.0. The summed E-state index contributed by atoms with van der Waals surface area (Å²) in [5.74, 6) is 0. The van der Waals surface area contributed by atoms with Crippen LogP contribution in [0.3, 0.4) is 0 Å². The summed E-state index contributed by atoms with van der Waals surface area (Å²) in [4.78, 5) is 4.54. The number of nitrogens with two attached hydrogens (primary N) is 1. The Labute approximate surface area is 119 Å². The molecule has 0 spiro atoms. The molecule has 1 aliphatic rings. The first-order valence-corrected chi connectivity index (χ1v) is 7.88. The lowest BCUT2D eigenvalue weighted by Gasteiger charge is -2.51. The molecule has 1 heterocycles. The predicted octanol–water partition coefficient (Wildman–Crippen LogP) is 2.46. The lowest BCUT2D eigenvalue weighted by Crippen LogP contribution is -2.60. The van der Waals surface area contributed by atoms with E-state index in [1.165, 1.54) is 0 Å². The molecular weight excluding hydrogens is 258 g/mol. The van der Waals surface area contributed by atoms with Gasteiger partial charge in [-0.25, -0.2) is 4.98 Å². The van der Waals surface area contributed by atoms with E-state index < -0.39 is 0 Å². The molecule has 1 aromatic rings. The molecule has 1 saturated carbocycles. The molecule has 3 atom stereocenters. The molecule has 0 bridgehead atoms. The van der Waals surface area contributed by atoms with E-state index in [1.54, 1.807) is 11.3 Å². The number of rotatable bonds is 6. The van der Waals surface area contributed by atoms with E-state index in [0.717, 1.165) is 30.3 Å². The maximum absolute atomic E-state index is 5.83. The Kier molecular flexibility index (Phi) is 4.61. The van der Waals surface area contributed by atoms with Crippen molar-refractivity contribution in [1.29, 1.82) is 0 Å². The molecule has 2 rings (SSSR count). The summed E-state index contributed by atoms with van der Waals surface area (Å²) < 4.78 is 5.74. The van der Waals surface area contributed by atoms with Gasteiger partial charge in [0, 0.05) is 30.0 Å². The van der Waals surface area contributed by atoms with Gasteiger partial charge >= 0.3 is 0 Å². The van der Waals surface area contributed by atoms with E-state index in [-0.39, 0.29) is 11.5 Å². The van der Waals surface area contributed by atoms with Crippen molar-refractivity contribution in [1.82, 2.24) is 10.3 Å². The molecule has 3 N–H and O–H groups in total. The molecule has 108 valence electrons. The summed E-state index contributed by atoms with van der Waals surface area (Å²) in [7, 11) is 0. The van der Waals surface area contributed by atoms with Crippen LogP contribution in [0.1, 0.15) is 50.9 Å². The van der Waals surface area contributed by atoms with Crippen molar-refractivity contribution < 1.29 is 4.74 Å². The molecule has 1 fully saturated rings. The minimum absolute atomic E-state index is 0.0289. The van der Waals surface area contributed by atoms with Gasteiger partial charge in [-0.15, -0.1) is 11.3 Å². The monoisotopic (exact) mass is 283 g/mol. The van der Waals surface area contributed by atoms with Crippen LogP contribution in [0, 0.1) is 5.41 Å². The Balaban J connectivity index is 1.83. The average molecular weight is 283 g/mol. The van der Waals surface area contributed by atoms with Gasteiger partial charge in [0.1, 0.15) is 5.01 Å². The van der Waals surface area contributed by atoms with Crippen LogP contribution in [0.2, 0.25) is 0 Å². The fourth-order valence-corrected chi connectivity index (χ4v) is 3.33. The zero-order valence-corrected chi connectivity index (χ0v) is 13.1. The number of nitrogens with zero attached hydrogens (tertiary/aromatic N) is 1. The van der Waals surface area contributed by atoms with E-state index in [1.807, 2.05) is 6.92 Å². The Morgan fingerprint density at radius 3 is 2.89 bits per heavy atom. The van der Waals surface area contributed by atoms with Gasteiger partial charge in [-0.2, -0.15) is 0 Å². The second kappa shape index (κ2) is 5.87. The van der Waals surface area contributed by atoms with Crippen LogP contribution in [0.5, 0.6) is 0 Å².